The Bertz CT molecular complexity index is 548. The number of nitrogens with zero attached hydrogens (tertiary/aromatic N) is 2. The quantitative estimate of drug-likeness (QED) is 0.776. The Hall–Kier alpha value is -2.14. The molecule has 0 radical (unpaired) electrons. The van der Waals surface area contributed by atoms with Gasteiger partial charge < -0.3 is 0 Å². The second kappa shape index (κ2) is 4.80. The number of hydrogen-bond acceptors (Lipinski definition) is 2. The van der Waals surface area contributed by atoms with E-state index in [4.69, 9.17) is 5.26 Å². The number of rotatable bonds is 2. The van der Waals surface area contributed by atoms with Crippen LogP contribution < -0.4 is 0 Å². The van der Waals surface area contributed by atoms with Crippen LogP contribution in [-0.4, -0.2) is 4.98 Å². The van der Waals surface area contributed by atoms with E-state index in [2.05, 4.69) is 49.2 Å². The molecule has 0 aliphatic heterocycles. The summed E-state index contributed by atoms with van der Waals surface area (Å²) in [6.07, 6.45) is 1.67. The fraction of sp³-hybridized carbons (Fsp3) is 0.200. The van der Waals surface area contributed by atoms with Gasteiger partial charge in [0, 0.05) is 6.20 Å². The van der Waals surface area contributed by atoms with Crippen molar-refractivity contribution in [2.45, 2.75) is 19.8 Å². The first-order valence-electron chi connectivity index (χ1n) is 5.67. The molecule has 84 valence electrons. The van der Waals surface area contributed by atoms with Crippen LogP contribution >= 0.6 is 0 Å². The van der Waals surface area contributed by atoms with Crippen molar-refractivity contribution in [1.82, 2.24) is 4.98 Å². The van der Waals surface area contributed by atoms with E-state index in [-0.39, 0.29) is 0 Å². The van der Waals surface area contributed by atoms with E-state index in [0.717, 1.165) is 11.1 Å². The van der Waals surface area contributed by atoms with Crippen molar-refractivity contribution in [3.8, 4) is 17.2 Å². The van der Waals surface area contributed by atoms with E-state index in [1.165, 1.54) is 5.56 Å². The lowest BCUT2D eigenvalue weighted by molar-refractivity contribution is 0.867. The number of hydrogen-bond donors (Lipinski definition) is 0. The second-order valence-corrected chi connectivity index (χ2v) is 4.32. The van der Waals surface area contributed by atoms with Crippen LogP contribution in [0.2, 0.25) is 0 Å². The lowest BCUT2D eigenvalue weighted by Crippen LogP contribution is -1.88. The van der Waals surface area contributed by atoms with E-state index in [0.29, 0.717) is 11.6 Å². The zero-order valence-corrected chi connectivity index (χ0v) is 10.0. The standard InChI is InChI=1S/C15H14N2/c1-11(2)12-3-5-13(6-4-12)14-7-8-17-15(9-14)10-16/h3-9,11H,1-2H3. The molecule has 2 nitrogen and oxygen atoms in total. The first-order chi connectivity index (χ1) is 8.20. The average Bonchev–Trinajstić information content (AvgIpc) is 2.39. The highest BCUT2D eigenvalue weighted by atomic mass is 14.7. The molecule has 0 N–H and O–H groups in total. The van der Waals surface area contributed by atoms with Crippen molar-refractivity contribution in [1.29, 1.82) is 5.26 Å². The molecule has 0 saturated heterocycles. The Balaban J connectivity index is 2.37. The Morgan fingerprint density at radius 2 is 1.76 bits per heavy atom. The number of benzene rings is 1. The normalized spacial score (nSPS) is 10.2. The molecule has 2 aromatic rings. The van der Waals surface area contributed by atoms with Crippen LogP contribution in [0, 0.1) is 11.3 Å². The summed E-state index contributed by atoms with van der Waals surface area (Å²) >= 11 is 0. The minimum absolute atomic E-state index is 0.454. The summed E-state index contributed by atoms with van der Waals surface area (Å²) in [4.78, 5) is 3.97. The van der Waals surface area contributed by atoms with Crippen LogP contribution in [0.4, 0.5) is 0 Å². The van der Waals surface area contributed by atoms with Gasteiger partial charge in [0.1, 0.15) is 11.8 Å². The summed E-state index contributed by atoms with van der Waals surface area (Å²) in [6.45, 7) is 4.35. The minimum Gasteiger partial charge on any atom is -0.246 e. The molecule has 2 rings (SSSR count). The number of aromatic nitrogens is 1. The summed E-state index contributed by atoms with van der Waals surface area (Å²) in [5.74, 6) is 0.538. The Morgan fingerprint density at radius 3 is 2.35 bits per heavy atom. The maximum atomic E-state index is 8.81. The molecule has 0 bridgehead atoms. The van der Waals surface area contributed by atoms with E-state index >= 15 is 0 Å². The first kappa shape index (κ1) is 11.3. The Kier molecular flexibility index (Phi) is 3.20. The molecule has 0 saturated carbocycles. The summed E-state index contributed by atoms with van der Waals surface area (Å²) in [7, 11) is 0. The lowest BCUT2D eigenvalue weighted by atomic mass is 9.99. The fourth-order valence-corrected chi connectivity index (χ4v) is 1.73. The van der Waals surface area contributed by atoms with Gasteiger partial charge in [-0.3, -0.25) is 0 Å². The van der Waals surface area contributed by atoms with Gasteiger partial charge in [-0.1, -0.05) is 38.1 Å². The van der Waals surface area contributed by atoms with Crippen LogP contribution in [0.15, 0.2) is 42.6 Å². The highest BCUT2D eigenvalue weighted by Crippen LogP contribution is 2.22. The highest BCUT2D eigenvalue weighted by molar-refractivity contribution is 5.64. The number of nitriles is 1. The van der Waals surface area contributed by atoms with Crippen molar-refractivity contribution in [3.63, 3.8) is 0 Å². The van der Waals surface area contributed by atoms with Crippen LogP contribution in [0.3, 0.4) is 0 Å². The monoisotopic (exact) mass is 222 g/mol. The SMILES string of the molecule is CC(C)c1ccc(-c2ccnc(C#N)c2)cc1. The zero-order chi connectivity index (χ0) is 12.3. The van der Waals surface area contributed by atoms with Gasteiger partial charge in [0.25, 0.3) is 0 Å². The summed E-state index contributed by atoms with van der Waals surface area (Å²) < 4.78 is 0. The molecular weight excluding hydrogens is 208 g/mol. The van der Waals surface area contributed by atoms with Gasteiger partial charge in [-0.25, -0.2) is 4.98 Å². The molecule has 1 aromatic carbocycles. The molecule has 1 aromatic heterocycles. The smallest absolute Gasteiger partial charge is 0.141 e. The van der Waals surface area contributed by atoms with Gasteiger partial charge in [0.2, 0.25) is 0 Å². The van der Waals surface area contributed by atoms with E-state index in [9.17, 15) is 0 Å². The topological polar surface area (TPSA) is 36.7 Å². The molecule has 0 unspecified atom stereocenters. The van der Waals surface area contributed by atoms with Gasteiger partial charge in [-0.05, 0) is 34.7 Å². The zero-order valence-electron chi connectivity index (χ0n) is 10.0. The molecule has 17 heavy (non-hydrogen) atoms. The lowest BCUT2D eigenvalue weighted by Gasteiger charge is -2.07. The fourth-order valence-electron chi connectivity index (χ4n) is 1.73. The van der Waals surface area contributed by atoms with Gasteiger partial charge >= 0.3 is 0 Å². The van der Waals surface area contributed by atoms with Crippen molar-refractivity contribution in [3.05, 3.63) is 53.9 Å². The maximum absolute atomic E-state index is 8.81. The summed E-state index contributed by atoms with van der Waals surface area (Å²) in [6, 6.07) is 14.2. The summed E-state index contributed by atoms with van der Waals surface area (Å²) in [5.41, 5.74) is 3.93. The van der Waals surface area contributed by atoms with Crippen LogP contribution in [0.25, 0.3) is 11.1 Å². The number of pyridine rings is 1. The third-order valence-corrected chi connectivity index (χ3v) is 2.79. The Morgan fingerprint density at radius 1 is 1.06 bits per heavy atom. The van der Waals surface area contributed by atoms with E-state index in [1.54, 1.807) is 6.20 Å². The van der Waals surface area contributed by atoms with Crippen LogP contribution in [0.1, 0.15) is 31.0 Å². The van der Waals surface area contributed by atoms with Gasteiger partial charge in [-0.15, -0.1) is 0 Å². The molecule has 0 spiro atoms. The van der Waals surface area contributed by atoms with Crippen LogP contribution in [-0.2, 0) is 0 Å². The molecule has 0 aliphatic carbocycles. The molecule has 0 amide bonds. The molecule has 0 fully saturated rings. The third kappa shape index (κ3) is 2.51. The van der Waals surface area contributed by atoms with E-state index < -0.39 is 0 Å². The average molecular weight is 222 g/mol. The molecule has 1 heterocycles. The van der Waals surface area contributed by atoms with Gasteiger partial charge in [0.15, 0.2) is 0 Å². The second-order valence-electron chi connectivity index (χ2n) is 4.32. The Labute approximate surface area is 102 Å². The molecule has 2 heteroatoms. The molecule has 0 aliphatic rings. The van der Waals surface area contributed by atoms with Gasteiger partial charge in [-0.2, -0.15) is 5.26 Å². The van der Waals surface area contributed by atoms with Crippen molar-refractivity contribution >= 4 is 0 Å². The van der Waals surface area contributed by atoms with Crippen LogP contribution in [0.5, 0.6) is 0 Å². The molecular formula is C15H14N2. The van der Waals surface area contributed by atoms with Crippen molar-refractivity contribution in [2.24, 2.45) is 0 Å². The third-order valence-electron chi connectivity index (χ3n) is 2.79. The van der Waals surface area contributed by atoms with Crippen molar-refractivity contribution < 1.29 is 0 Å². The van der Waals surface area contributed by atoms with Gasteiger partial charge in [0.05, 0.1) is 0 Å². The summed E-state index contributed by atoms with van der Waals surface area (Å²) in [5, 5.41) is 8.81. The predicted molar refractivity (Wildman–Crippen MR) is 68.5 cm³/mol. The maximum Gasteiger partial charge on any atom is 0.141 e. The molecule has 0 atom stereocenters. The van der Waals surface area contributed by atoms with Crippen molar-refractivity contribution in [2.75, 3.05) is 0 Å². The largest absolute Gasteiger partial charge is 0.246 e. The predicted octanol–water partition coefficient (Wildman–Crippen LogP) is 3.74. The van der Waals surface area contributed by atoms with E-state index in [1.807, 2.05) is 12.1 Å². The minimum atomic E-state index is 0.454. The first-order valence-corrected chi connectivity index (χ1v) is 5.67. The highest BCUT2D eigenvalue weighted by Gasteiger charge is 2.02.